The first-order valence-corrected chi connectivity index (χ1v) is 12.5. The van der Waals surface area contributed by atoms with Crippen LogP contribution in [0.4, 0.5) is 0 Å². The van der Waals surface area contributed by atoms with Crippen molar-refractivity contribution in [2.24, 2.45) is 0 Å². The Morgan fingerprint density at radius 1 is 0.647 bits per heavy atom. The van der Waals surface area contributed by atoms with E-state index in [-0.39, 0.29) is 0 Å². The lowest BCUT2D eigenvalue weighted by atomic mass is 10.0. The van der Waals surface area contributed by atoms with E-state index in [2.05, 4.69) is 72.5 Å². The van der Waals surface area contributed by atoms with Crippen molar-refractivity contribution < 1.29 is 9.26 Å². The van der Waals surface area contributed by atoms with E-state index in [1.165, 1.54) is 37.7 Å². The standard InChI is InChI=1S/C30H34N2O2/c1-3-5-7-8-22-33-28-20-18-25(19-21-28)24-14-16-26(17-15-24)29-31-30(34-32-29)27-12-10-23(11-13-27)9-6-4-2/h10-21H,3-9,22H2,1-2H3. The minimum Gasteiger partial charge on any atom is -0.494 e. The SMILES string of the molecule is CCCCCCOc1ccc(-c2ccc(-c3noc(-c4ccc(CCCC)cc4)n3)cc2)cc1. The van der Waals surface area contributed by atoms with Gasteiger partial charge in [-0.3, -0.25) is 0 Å². The molecular weight excluding hydrogens is 420 g/mol. The number of nitrogens with zero attached hydrogens (tertiary/aromatic N) is 2. The van der Waals surface area contributed by atoms with Crippen molar-refractivity contribution >= 4 is 0 Å². The first kappa shape index (κ1) is 23.7. The van der Waals surface area contributed by atoms with Gasteiger partial charge in [-0.15, -0.1) is 0 Å². The molecule has 4 aromatic rings. The summed E-state index contributed by atoms with van der Waals surface area (Å²) in [5.41, 5.74) is 5.52. The highest BCUT2D eigenvalue weighted by Gasteiger charge is 2.11. The molecule has 4 rings (SSSR count). The maximum Gasteiger partial charge on any atom is 0.258 e. The summed E-state index contributed by atoms with van der Waals surface area (Å²) in [6.45, 7) is 5.21. The predicted octanol–water partition coefficient (Wildman–Crippen LogP) is 8.37. The van der Waals surface area contributed by atoms with Crippen LogP contribution in [0.15, 0.2) is 77.3 Å². The summed E-state index contributed by atoms with van der Waals surface area (Å²) in [7, 11) is 0. The molecule has 0 N–H and O–H groups in total. The molecule has 0 atom stereocenters. The molecule has 176 valence electrons. The van der Waals surface area contributed by atoms with E-state index in [0.29, 0.717) is 11.7 Å². The highest BCUT2D eigenvalue weighted by atomic mass is 16.5. The predicted molar refractivity (Wildman–Crippen MR) is 139 cm³/mol. The Morgan fingerprint density at radius 3 is 1.94 bits per heavy atom. The monoisotopic (exact) mass is 454 g/mol. The topological polar surface area (TPSA) is 48.2 Å². The largest absolute Gasteiger partial charge is 0.494 e. The van der Waals surface area contributed by atoms with Gasteiger partial charge in [0.05, 0.1) is 6.61 Å². The molecule has 0 saturated heterocycles. The van der Waals surface area contributed by atoms with Crippen LogP contribution in [-0.2, 0) is 6.42 Å². The molecule has 0 bridgehead atoms. The summed E-state index contributed by atoms with van der Waals surface area (Å²) in [5, 5.41) is 4.19. The number of aryl methyl sites for hydroxylation is 1. The van der Waals surface area contributed by atoms with Crippen LogP contribution in [0.25, 0.3) is 34.0 Å². The highest BCUT2D eigenvalue weighted by molar-refractivity contribution is 5.68. The van der Waals surface area contributed by atoms with Crippen molar-refractivity contribution in [1.29, 1.82) is 0 Å². The number of ether oxygens (including phenoxy) is 1. The number of hydrogen-bond donors (Lipinski definition) is 0. The fourth-order valence-corrected chi connectivity index (χ4v) is 3.93. The van der Waals surface area contributed by atoms with Crippen LogP contribution in [0.1, 0.15) is 57.9 Å². The van der Waals surface area contributed by atoms with Crippen molar-refractivity contribution in [3.05, 3.63) is 78.4 Å². The van der Waals surface area contributed by atoms with Gasteiger partial charge in [0, 0.05) is 11.1 Å². The maximum absolute atomic E-state index is 5.86. The molecule has 1 heterocycles. The van der Waals surface area contributed by atoms with Gasteiger partial charge >= 0.3 is 0 Å². The fourth-order valence-electron chi connectivity index (χ4n) is 3.93. The van der Waals surface area contributed by atoms with Gasteiger partial charge in [-0.25, -0.2) is 0 Å². The lowest BCUT2D eigenvalue weighted by Crippen LogP contribution is -1.96. The zero-order valence-corrected chi connectivity index (χ0v) is 20.3. The second kappa shape index (κ2) is 12.2. The Bertz CT molecular complexity index is 1130. The zero-order chi connectivity index (χ0) is 23.6. The molecule has 0 amide bonds. The summed E-state index contributed by atoms with van der Waals surface area (Å²) in [6, 6.07) is 25.0. The maximum atomic E-state index is 5.86. The average molecular weight is 455 g/mol. The van der Waals surface area contributed by atoms with Crippen molar-refractivity contribution in [3.63, 3.8) is 0 Å². The molecule has 1 aromatic heterocycles. The van der Waals surface area contributed by atoms with Crippen LogP contribution in [0, 0.1) is 0 Å². The minimum absolute atomic E-state index is 0.548. The number of aromatic nitrogens is 2. The molecule has 4 heteroatoms. The van der Waals surface area contributed by atoms with Gasteiger partial charge in [-0.1, -0.05) is 93.2 Å². The third-order valence-corrected chi connectivity index (χ3v) is 6.04. The van der Waals surface area contributed by atoms with E-state index in [9.17, 15) is 0 Å². The Kier molecular flexibility index (Phi) is 8.50. The fraction of sp³-hybridized carbons (Fsp3) is 0.333. The van der Waals surface area contributed by atoms with Gasteiger partial charge in [0.15, 0.2) is 0 Å². The third kappa shape index (κ3) is 6.34. The summed E-state index contributed by atoms with van der Waals surface area (Å²) in [5.74, 6) is 2.07. The van der Waals surface area contributed by atoms with Gasteiger partial charge in [-0.2, -0.15) is 4.98 Å². The van der Waals surface area contributed by atoms with Gasteiger partial charge in [0.1, 0.15) is 5.75 Å². The van der Waals surface area contributed by atoms with Crippen molar-refractivity contribution in [1.82, 2.24) is 10.1 Å². The molecule has 0 spiro atoms. The first-order chi connectivity index (χ1) is 16.8. The molecule has 0 aliphatic carbocycles. The molecule has 0 aliphatic heterocycles. The second-order valence-electron chi connectivity index (χ2n) is 8.73. The van der Waals surface area contributed by atoms with Gasteiger partial charge < -0.3 is 9.26 Å². The zero-order valence-electron chi connectivity index (χ0n) is 20.3. The number of hydrogen-bond acceptors (Lipinski definition) is 4. The van der Waals surface area contributed by atoms with E-state index < -0.39 is 0 Å². The number of benzene rings is 3. The van der Waals surface area contributed by atoms with Gasteiger partial charge in [-0.05, 0) is 60.2 Å². The third-order valence-electron chi connectivity index (χ3n) is 6.04. The van der Waals surface area contributed by atoms with Crippen LogP contribution >= 0.6 is 0 Å². The summed E-state index contributed by atoms with van der Waals surface area (Å²) in [6.07, 6.45) is 8.37. The van der Waals surface area contributed by atoms with Crippen LogP contribution in [-0.4, -0.2) is 16.7 Å². The van der Waals surface area contributed by atoms with E-state index >= 15 is 0 Å². The Labute approximate surface area is 203 Å². The molecule has 0 fully saturated rings. The Hall–Kier alpha value is -3.40. The quantitative estimate of drug-likeness (QED) is 0.202. The van der Waals surface area contributed by atoms with Gasteiger partial charge in [0.2, 0.25) is 5.82 Å². The van der Waals surface area contributed by atoms with Crippen molar-refractivity contribution in [2.45, 2.75) is 58.8 Å². The molecular formula is C30H34N2O2. The normalized spacial score (nSPS) is 11.0. The summed E-state index contributed by atoms with van der Waals surface area (Å²) < 4.78 is 11.4. The smallest absolute Gasteiger partial charge is 0.258 e. The number of unbranched alkanes of at least 4 members (excludes halogenated alkanes) is 4. The Morgan fingerprint density at radius 2 is 1.26 bits per heavy atom. The van der Waals surface area contributed by atoms with E-state index in [0.717, 1.165) is 47.5 Å². The summed E-state index contributed by atoms with van der Waals surface area (Å²) >= 11 is 0. The molecule has 3 aromatic carbocycles. The molecule has 34 heavy (non-hydrogen) atoms. The lowest BCUT2D eigenvalue weighted by Gasteiger charge is -2.07. The average Bonchev–Trinajstić information content (AvgIpc) is 3.39. The highest BCUT2D eigenvalue weighted by Crippen LogP contribution is 2.27. The lowest BCUT2D eigenvalue weighted by molar-refractivity contribution is 0.305. The number of rotatable bonds is 12. The minimum atomic E-state index is 0.548. The van der Waals surface area contributed by atoms with Crippen LogP contribution in [0.5, 0.6) is 5.75 Å². The molecule has 0 saturated carbocycles. The van der Waals surface area contributed by atoms with Crippen LogP contribution < -0.4 is 4.74 Å². The molecule has 0 aliphatic rings. The van der Waals surface area contributed by atoms with Gasteiger partial charge in [0.25, 0.3) is 5.89 Å². The van der Waals surface area contributed by atoms with Crippen LogP contribution in [0.2, 0.25) is 0 Å². The summed E-state index contributed by atoms with van der Waals surface area (Å²) in [4.78, 5) is 4.61. The van der Waals surface area contributed by atoms with E-state index in [1.807, 2.05) is 24.3 Å². The Balaban J connectivity index is 1.37. The van der Waals surface area contributed by atoms with E-state index in [1.54, 1.807) is 0 Å². The van der Waals surface area contributed by atoms with E-state index in [4.69, 9.17) is 9.26 Å². The second-order valence-corrected chi connectivity index (χ2v) is 8.73. The first-order valence-electron chi connectivity index (χ1n) is 12.5. The van der Waals surface area contributed by atoms with Crippen molar-refractivity contribution in [3.8, 4) is 39.7 Å². The molecule has 0 radical (unpaired) electrons. The van der Waals surface area contributed by atoms with Crippen LogP contribution in [0.3, 0.4) is 0 Å². The molecule has 0 unspecified atom stereocenters. The van der Waals surface area contributed by atoms with Crippen molar-refractivity contribution in [2.75, 3.05) is 6.61 Å². The molecule has 4 nitrogen and oxygen atoms in total.